The van der Waals surface area contributed by atoms with Crippen LogP contribution in [0.2, 0.25) is 0 Å². The normalized spacial score (nSPS) is 10.7. The van der Waals surface area contributed by atoms with Crippen molar-refractivity contribution in [1.29, 1.82) is 0 Å². The van der Waals surface area contributed by atoms with Crippen molar-refractivity contribution in [2.45, 2.75) is 6.42 Å². The van der Waals surface area contributed by atoms with Gasteiger partial charge in [0, 0.05) is 11.1 Å². The largest absolute Gasteiger partial charge is 0.396 e. The molecule has 0 saturated heterocycles. The first-order valence-electron chi connectivity index (χ1n) is 4.58. The van der Waals surface area contributed by atoms with Gasteiger partial charge in [-0.25, -0.2) is 0 Å². The lowest BCUT2D eigenvalue weighted by atomic mass is 10.1. The molecule has 0 unspecified atom stereocenters. The molecule has 2 heteroatoms. The lowest BCUT2D eigenvalue weighted by Crippen LogP contribution is -1.89. The van der Waals surface area contributed by atoms with E-state index in [1.807, 2.05) is 6.07 Å². The van der Waals surface area contributed by atoms with Crippen LogP contribution in [-0.4, -0.2) is 11.7 Å². The molecule has 14 heavy (non-hydrogen) atoms. The third-order valence-corrected chi connectivity index (χ3v) is 2.76. The summed E-state index contributed by atoms with van der Waals surface area (Å²) in [5, 5.41) is 11.3. The number of hydrogen-bond donors (Lipinski definition) is 1. The number of benzene rings is 2. The highest BCUT2D eigenvalue weighted by atomic mass is 79.9. The van der Waals surface area contributed by atoms with Gasteiger partial charge >= 0.3 is 0 Å². The molecule has 0 bridgehead atoms. The Morgan fingerprint density at radius 2 is 1.79 bits per heavy atom. The van der Waals surface area contributed by atoms with Crippen molar-refractivity contribution in [3.8, 4) is 0 Å². The van der Waals surface area contributed by atoms with Crippen molar-refractivity contribution >= 4 is 26.7 Å². The lowest BCUT2D eigenvalue weighted by Gasteiger charge is -2.02. The third-order valence-electron chi connectivity index (χ3n) is 2.27. The Bertz CT molecular complexity index is 451. The Morgan fingerprint density at radius 1 is 1.00 bits per heavy atom. The van der Waals surface area contributed by atoms with Gasteiger partial charge in [-0.15, -0.1) is 0 Å². The standard InChI is InChI=1S/C12H11BrO/c13-12-4-3-10-2-1-9(5-6-14)7-11(10)8-12/h1-4,7-8,14H,5-6H2. The summed E-state index contributed by atoms with van der Waals surface area (Å²) in [5.41, 5.74) is 1.18. The SMILES string of the molecule is OCCc1ccc2ccc(Br)cc2c1. The Hall–Kier alpha value is -0.860. The average molecular weight is 251 g/mol. The zero-order chi connectivity index (χ0) is 9.97. The van der Waals surface area contributed by atoms with Crippen molar-refractivity contribution in [2.24, 2.45) is 0 Å². The van der Waals surface area contributed by atoms with Crippen molar-refractivity contribution in [2.75, 3.05) is 6.61 Å². The monoisotopic (exact) mass is 250 g/mol. The van der Waals surface area contributed by atoms with E-state index in [2.05, 4.69) is 46.3 Å². The second-order valence-electron chi connectivity index (χ2n) is 3.30. The molecular weight excluding hydrogens is 240 g/mol. The predicted molar refractivity (Wildman–Crippen MR) is 62.4 cm³/mol. The first-order chi connectivity index (χ1) is 6.79. The van der Waals surface area contributed by atoms with E-state index in [0.29, 0.717) is 0 Å². The van der Waals surface area contributed by atoms with Gasteiger partial charge in [-0.1, -0.05) is 40.2 Å². The van der Waals surface area contributed by atoms with Crippen LogP contribution >= 0.6 is 15.9 Å². The van der Waals surface area contributed by atoms with Crippen LogP contribution in [-0.2, 0) is 6.42 Å². The maximum Gasteiger partial charge on any atom is 0.0471 e. The quantitative estimate of drug-likeness (QED) is 0.869. The van der Waals surface area contributed by atoms with Gasteiger partial charge < -0.3 is 5.11 Å². The lowest BCUT2D eigenvalue weighted by molar-refractivity contribution is 0.299. The van der Waals surface area contributed by atoms with Crippen LogP contribution in [0.3, 0.4) is 0 Å². The second kappa shape index (κ2) is 4.11. The summed E-state index contributed by atoms with van der Waals surface area (Å²) in [4.78, 5) is 0. The molecule has 0 aliphatic rings. The smallest absolute Gasteiger partial charge is 0.0471 e. The summed E-state index contributed by atoms with van der Waals surface area (Å²) in [7, 11) is 0. The third kappa shape index (κ3) is 1.97. The molecule has 2 rings (SSSR count). The van der Waals surface area contributed by atoms with E-state index in [-0.39, 0.29) is 6.61 Å². The van der Waals surface area contributed by atoms with Crippen molar-refractivity contribution in [1.82, 2.24) is 0 Å². The Morgan fingerprint density at radius 3 is 2.57 bits per heavy atom. The number of rotatable bonds is 2. The maximum absolute atomic E-state index is 8.84. The van der Waals surface area contributed by atoms with Gasteiger partial charge in [-0.2, -0.15) is 0 Å². The van der Waals surface area contributed by atoms with E-state index in [0.717, 1.165) is 10.9 Å². The van der Waals surface area contributed by atoms with Gasteiger partial charge in [0.25, 0.3) is 0 Å². The average Bonchev–Trinajstić information content (AvgIpc) is 2.17. The molecule has 0 heterocycles. The summed E-state index contributed by atoms with van der Waals surface area (Å²) in [5.74, 6) is 0. The topological polar surface area (TPSA) is 20.2 Å². The molecule has 1 N–H and O–H groups in total. The molecule has 0 saturated carbocycles. The molecule has 1 nitrogen and oxygen atoms in total. The van der Waals surface area contributed by atoms with E-state index < -0.39 is 0 Å². The predicted octanol–water partition coefficient (Wildman–Crippen LogP) is 3.14. The maximum atomic E-state index is 8.84. The molecule has 0 spiro atoms. The number of aliphatic hydroxyl groups is 1. The minimum absolute atomic E-state index is 0.208. The van der Waals surface area contributed by atoms with Crippen LogP contribution in [0.4, 0.5) is 0 Å². The molecule has 72 valence electrons. The summed E-state index contributed by atoms with van der Waals surface area (Å²) >= 11 is 3.45. The molecule has 0 aliphatic carbocycles. The molecule has 0 radical (unpaired) electrons. The van der Waals surface area contributed by atoms with E-state index in [4.69, 9.17) is 5.11 Å². The number of fused-ring (bicyclic) bond motifs is 1. The Labute approximate surface area is 91.5 Å². The fourth-order valence-corrected chi connectivity index (χ4v) is 1.93. The van der Waals surface area contributed by atoms with Crippen LogP contribution in [0.15, 0.2) is 40.9 Å². The van der Waals surface area contributed by atoms with Crippen LogP contribution in [0.5, 0.6) is 0 Å². The molecule has 0 atom stereocenters. The van der Waals surface area contributed by atoms with Gasteiger partial charge in [0.05, 0.1) is 0 Å². The van der Waals surface area contributed by atoms with Crippen LogP contribution < -0.4 is 0 Å². The van der Waals surface area contributed by atoms with Crippen molar-refractivity contribution in [3.63, 3.8) is 0 Å². The first-order valence-corrected chi connectivity index (χ1v) is 5.38. The molecule has 2 aromatic carbocycles. The van der Waals surface area contributed by atoms with E-state index in [1.54, 1.807) is 0 Å². The minimum Gasteiger partial charge on any atom is -0.396 e. The first kappa shape index (κ1) is 9.69. The van der Waals surface area contributed by atoms with Gasteiger partial charge in [0.1, 0.15) is 0 Å². The Balaban J connectivity index is 2.52. The van der Waals surface area contributed by atoms with Gasteiger partial charge in [-0.05, 0) is 34.9 Å². The zero-order valence-electron chi connectivity index (χ0n) is 7.70. The van der Waals surface area contributed by atoms with Crippen molar-refractivity contribution < 1.29 is 5.11 Å². The van der Waals surface area contributed by atoms with E-state index >= 15 is 0 Å². The molecular formula is C12H11BrO. The number of halogens is 1. The van der Waals surface area contributed by atoms with Gasteiger partial charge in [0.2, 0.25) is 0 Å². The van der Waals surface area contributed by atoms with E-state index in [1.165, 1.54) is 16.3 Å². The fourth-order valence-electron chi connectivity index (χ4n) is 1.55. The van der Waals surface area contributed by atoms with Crippen LogP contribution in [0.25, 0.3) is 10.8 Å². The molecule has 0 amide bonds. The summed E-state index contributed by atoms with van der Waals surface area (Å²) in [6, 6.07) is 12.5. The minimum atomic E-state index is 0.208. The number of hydrogen-bond acceptors (Lipinski definition) is 1. The fraction of sp³-hybridized carbons (Fsp3) is 0.167. The molecule has 2 aromatic rings. The van der Waals surface area contributed by atoms with Gasteiger partial charge in [0.15, 0.2) is 0 Å². The Kier molecular flexibility index (Phi) is 2.85. The summed E-state index contributed by atoms with van der Waals surface area (Å²) < 4.78 is 1.09. The molecule has 0 aromatic heterocycles. The van der Waals surface area contributed by atoms with Gasteiger partial charge in [-0.3, -0.25) is 0 Å². The molecule has 0 fully saturated rings. The highest BCUT2D eigenvalue weighted by Gasteiger charge is 1.96. The number of aliphatic hydroxyl groups excluding tert-OH is 1. The van der Waals surface area contributed by atoms with Crippen LogP contribution in [0.1, 0.15) is 5.56 Å². The zero-order valence-corrected chi connectivity index (χ0v) is 9.29. The highest BCUT2D eigenvalue weighted by Crippen LogP contribution is 2.21. The summed E-state index contributed by atoms with van der Waals surface area (Å²) in [6.45, 7) is 0.208. The van der Waals surface area contributed by atoms with Crippen molar-refractivity contribution in [3.05, 3.63) is 46.4 Å². The second-order valence-corrected chi connectivity index (χ2v) is 4.22. The highest BCUT2D eigenvalue weighted by molar-refractivity contribution is 9.10. The van der Waals surface area contributed by atoms with Crippen LogP contribution in [0, 0.1) is 0 Å². The van der Waals surface area contributed by atoms with E-state index in [9.17, 15) is 0 Å². The summed E-state index contributed by atoms with van der Waals surface area (Å²) in [6.07, 6.45) is 0.725. The molecule has 0 aliphatic heterocycles.